The predicted octanol–water partition coefficient (Wildman–Crippen LogP) is 20.2. The number of nitro groups is 3. The number of aryl methyl sites for hydroxylation is 4. The number of ether oxygens (including phenoxy) is 4. The first-order valence-corrected chi connectivity index (χ1v) is 44.6. The number of nitrogens with zero attached hydrogens (tertiary/aromatic N) is 20. The Morgan fingerprint density at radius 3 is 1.07 bits per heavy atom. The van der Waals surface area contributed by atoms with Crippen molar-refractivity contribution in [2.45, 2.75) is 54.9 Å². The first kappa shape index (κ1) is 111. The third-order valence-corrected chi connectivity index (χ3v) is 21.8. The normalized spacial score (nSPS) is 10.5. The highest BCUT2D eigenvalue weighted by atomic mass is 35.5. The Hall–Kier alpha value is -16.1. The van der Waals surface area contributed by atoms with Crippen molar-refractivity contribution in [2.75, 3.05) is 162 Å². The van der Waals surface area contributed by atoms with Crippen molar-refractivity contribution in [1.29, 1.82) is 0 Å². The summed E-state index contributed by atoms with van der Waals surface area (Å²) in [6.45, 7) is 17.9. The zero-order valence-corrected chi connectivity index (χ0v) is 83.1. The summed E-state index contributed by atoms with van der Waals surface area (Å²) >= 11 is 10.5. The number of nitrogens with one attached hydrogen (secondary N) is 3. The van der Waals surface area contributed by atoms with E-state index in [1.54, 1.807) is 44.0 Å². The number of unbranched alkanes of at least 4 members (excludes halogenated alkanes) is 1. The monoisotopic (exact) mass is 1980 g/mol. The highest BCUT2D eigenvalue weighted by molar-refractivity contribution is 6.66. The molecular weight excluding hydrogens is 1860 g/mol. The van der Waals surface area contributed by atoms with Gasteiger partial charge in [-0.2, -0.15) is 28.7 Å². The largest absolute Gasteiger partial charge is 0.494 e. The van der Waals surface area contributed by atoms with Crippen molar-refractivity contribution in [2.24, 2.45) is 0 Å². The number of fused-ring (bicyclic) bond motifs is 4. The van der Waals surface area contributed by atoms with Crippen molar-refractivity contribution in [3.8, 4) is 46.3 Å². The number of rotatable bonds is 29. The molecule has 0 saturated carbocycles. The molecule has 0 amide bonds. The number of benzene rings is 8. The Kier molecular flexibility index (Phi) is 41.7. The highest BCUT2D eigenvalue weighted by Gasteiger charge is 2.26. The SMILES string of the molecule is C.C=CC(=O)Cl.CCCCN(C)C.CO.COc1cc(F)c([N+](=O)[O-])cc1N.COc1cc(F)c([N+](=O)[O-])cc1Nc1nccc(-n2cc(C)c3ccccc32)n1.COc1cc(N(C)CCN(C)C)c(N)cc1Nc1nccc(-n2cc(C)c3ccccc32)n1.COc1cc(N(C)CCN(C)C)c([N+](=O)[O-])cc1Nc1nccc(-n2cc(C)c3ccccc32)n1.Cc1cn(-c2ccnc(Cl)n2)c2ccccc12. The van der Waals surface area contributed by atoms with E-state index in [0.717, 1.165) is 118 Å². The van der Waals surface area contributed by atoms with Crippen molar-refractivity contribution in [3.05, 3.63) is 302 Å². The van der Waals surface area contributed by atoms with Gasteiger partial charge in [0.15, 0.2) is 0 Å². The molecule has 8 N–H and O–H groups in total. The van der Waals surface area contributed by atoms with Crippen molar-refractivity contribution in [1.82, 2.24) is 72.8 Å². The molecule has 37 nitrogen and oxygen atoms in total. The molecule has 0 aliphatic carbocycles. The van der Waals surface area contributed by atoms with Gasteiger partial charge in [-0.15, -0.1) is 0 Å². The van der Waals surface area contributed by atoms with Crippen LogP contribution in [0.25, 0.3) is 66.9 Å². The number of para-hydroxylation sites is 4. The molecule has 8 aromatic heterocycles. The van der Waals surface area contributed by atoms with Crippen LogP contribution in [-0.2, 0) is 4.79 Å². The number of aliphatic hydroxyl groups excluding tert-OH is 1. The molecule has 0 fully saturated rings. The van der Waals surface area contributed by atoms with Crippen molar-refractivity contribution in [3.63, 3.8) is 0 Å². The fraction of sp³-hybridized carbons (Fsp3) is 0.257. The molecule has 16 aromatic rings. The Morgan fingerprint density at radius 2 is 0.746 bits per heavy atom. The van der Waals surface area contributed by atoms with Gasteiger partial charge >= 0.3 is 11.4 Å². The number of anilines is 10. The third kappa shape index (κ3) is 29.5. The summed E-state index contributed by atoms with van der Waals surface area (Å²) in [6, 6.07) is 50.6. The number of hydrogen-bond acceptors (Lipinski definition) is 30. The fourth-order valence-corrected chi connectivity index (χ4v) is 14.5. The van der Waals surface area contributed by atoms with Gasteiger partial charge in [-0.1, -0.05) is 100 Å². The molecule has 41 heteroatoms. The van der Waals surface area contributed by atoms with Gasteiger partial charge in [0.1, 0.15) is 52.0 Å². The van der Waals surface area contributed by atoms with Crippen LogP contribution in [0.3, 0.4) is 0 Å². The van der Waals surface area contributed by atoms with E-state index in [-0.39, 0.29) is 47.2 Å². The van der Waals surface area contributed by atoms with E-state index in [0.29, 0.717) is 64.3 Å². The molecule has 0 spiro atoms. The molecule has 8 heterocycles. The van der Waals surface area contributed by atoms with Crippen LogP contribution in [0.1, 0.15) is 49.4 Å². The number of halogens is 4. The fourth-order valence-electron chi connectivity index (χ4n) is 14.3. The van der Waals surface area contributed by atoms with E-state index < -0.39 is 43.0 Å². The number of aliphatic hydroxyl groups is 1. The molecule has 748 valence electrons. The standard InChI is InChI=1S/C25H29N7O3.C25H31N7O.C20H16FN5O3.C13H10ClN3.C7H7FN2O3.C6H15N.C3H3ClO.CH4O.CH4/c1-17-16-31(20-9-7-6-8-18(17)20)24-10-11-26-25(28-24)27-19-14-22(32(33)34)21(15-23(19)35-5)30(4)13-12-29(2)3;1-17-16-32(21-9-7-6-8-18(17)21)24-10-11-27-25(29-24)28-20-14-19(26)22(15-23(20)33-5)31(4)13-12-30(2)3;1-12-11-25(16-6-4-3-5-13(12)16)19-7-8-22-20(24-19)23-15-10-17(26(27)28)14(21)9-18(15)29-2;1-9-8-17(11-5-3-2-4-10(9)11)12-6-7-15-13(14)16-12;1-13-7-2-4(8)6(10(11)12)3-5(7)9;1-4-5-6-7(2)3;1-2-3(4)5;1-2;/h6-11,14-16H,12-13H2,1-5H3,(H,26,27,28);6-11,14-16H,12-13,26H2,1-5H3,(H,27,28,29);3-11H,1-2H3,(H,22,23,24);2-8H,1H3;2-3H,9H2,1H3;4-6H2,1-3H3;2H,1H2;2H,1H3;1H4. The second-order valence-corrected chi connectivity index (χ2v) is 32.9. The van der Waals surface area contributed by atoms with Crippen LogP contribution in [-0.4, -0.2) is 223 Å². The third-order valence-electron chi connectivity index (χ3n) is 21.4. The molecule has 0 aliphatic rings. The number of methoxy groups -OCH3 is 4. The first-order chi connectivity index (χ1) is 67.5. The Balaban J connectivity index is 0.000000216. The molecule has 142 heavy (non-hydrogen) atoms. The Labute approximate surface area is 832 Å². The lowest BCUT2D eigenvalue weighted by atomic mass is 10.2. The summed E-state index contributed by atoms with van der Waals surface area (Å²) in [5, 5.41) is 53.9. The van der Waals surface area contributed by atoms with Gasteiger partial charge in [-0.3, -0.25) is 35.1 Å². The molecule has 0 radical (unpaired) electrons. The quantitative estimate of drug-likeness (QED) is 0.00633. The molecule has 8 aromatic carbocycles. The van der Waals surface area contributed by atoms with Crippen LogP contribution in [0.4, 0.5) is 83.5 Å². The van der Waals surface area contributed by atoms with Crippen molar-refractivity contribution >= 4 is 147 Å². The van der Waals surface area contributed by atoms with E-state index in [2.05, 4.69) is 180 Å². The number of carbonyl (C=O) groups is 1. The summed E-state index contributed by atoms with van der Waals surface area (Å²) in [6.07, 6.45) is 18.4. The average molecular weight is 1980 g/mol. The maximum atomic E-state index is 13.9. The van der Waals surface area contributed by atoms with Gasteiger partial charge in [-0.25, -0.2) is 19.9 Å². The van der Waals surface area contributed by atoms with E-state index in [1.165, 1.54) is 68.7 Å². The average Bonchev–Trinajstić information content (AvgIpc) is 1.63. The maximum Gasteiger partial charge on any atom is 0.307 e. The number of allylic oxidation sites excluding steroid dienone is 1. The lowest BCUT2D eigenvalue weighted by Crippen LogP contribution is -2.29. The Bertz CT molecular complexity index is 7000. The van der Waals surface area contributed by atoms with Gasteiger partial charge in [-0.05, 0) is 189 Å². The molecule has 0 bridgehead atoms. The number of hydrogen-bond donors (Lipinski definition) is 6. The van der Waals surface area contributed by atoms with E-state index in [4.69, 9.17) is 59.0 Å². The van der Waals surface area contributed by atoms with Gasteiger partial charge in [0.25, 0.3) is 5.69 Å². The lowest BCUT2D eigenvalue weighted by molar-refractivity contribution is -0.387. The van der Waals surface area contributed by atoms with Crippen LogP contribution in [0.5, 0.6) is 23.0 Å². The zero-order valence-electron chi connectivity index (χ0n) is 81.6. The van der Waals surface area contributed by atoms with Gasteiger partial charge in [0.05, 0.1) is 99.4 Å². The number of nitro benzene ring substituents is 3. The highest BCUT2D eigenvalue weighted by Crippen LogP contribution is 2.42. The van der Waals surface area contributed by atoms with E-state index in [1.807, 2.05) is 168 Å². The first-order valence-electron chi connectivity index (χ1n) is 43.8. The van der Waals surface area contributed by atoms with Crippen LogP contribution in [0.2, 0.25) is 5.28 Å². The molecular formula is C101H119Cl2F2N25O12. The summed E-state index contributed by atoms with van der Waals surface area (Å²) in [4.78, 5) is 85.9. The van der Waals surface area contributed by atoms with Crippen LogP contribution in [0, 0.1) is 69.7 Å². The topological polar surface area (TPSA) is 431 Å². The smallest absolute Gasteiger partial charge is 0.307 e. The second kappa shape index (κ2) is 53.2. The maximum absolute atomic E-state index is 13.9. The van der Waals surface area contributed by atoms with Gasteiger partial charge in [0, 0.05) is 161 Å². The van der Waals surface area contributed by atoms with Crippen LogP contribution < -0.4 is 56.2 Å². The minimum absolute atomic E-state index is 0. The lowest BCUT2D eigenvalue weighted by Gasteiger charge is -2.24. The summed E-state index contributed by atoms with van der Waals surface area (Å²) in [5.74, 6) is 3.20. The van der Waals surface area contributed by atoms with Gasteiger partial charge in [0.2, 0.25) is 40.0 Å². The summed E-state index contributed by atoms with van der Waals surface area (Å²) < 4.78 is 55.8. The van der Waals surface area contributed by atoms with Gasteiger partial charge < -0.3 is 94.2 Å². The molecule has 0 aliphatic heterocycles. The minimum Gasteiger partial charge on any atom is -0.494 e. The molecule has 0 atom stereocenters. The Morgan fingerprint density at radius 1 is 0.444 bits per heavy atom. The summed E-state index contributed by atoms with van der Waals surface area (Å²) in [5.41, 5.74) is 22.7. The van der Waals surface area contributed by atoms with Crippen LogP contribution in [0.15, 0.2) is 232 Å². The predicted molar refractivity (Wildman–Crippen MR) is 563 cm³/mol. The number of nitrogen functional groups attached to an aromatic ring is 2. The van der Waals surface area contributed by atoms with Crippen molar-refractivity contribution < 1.29 is 52.4 Å². The second-order valence-electron chi connectivity index (χ2n) is 32.2. The number of likely N-dealkylation sites (N-methyl/N-ethyl adjacent to an activating group) is 4. The number of nitrogens with two attached hydrogens (primary N) is 2. The summed E-state index contributed by atoms with van der Waals surface area (Å²) in [7, 11) is 22.9. The molecule has 16 rings (SSSR count). The van der Waals surface area contributed by atoms with Crippen LogP contribution >= 0.6 is 23.2 Å². The molecule has 0 saturated heterocycles. The van der Waals surface area contributed by atoms with E-state index in [9.17, 15) is 43.9 Å². The van der Waals surface area contributed by atoms with E-state index >= 15 is 0 Å². The zero-order chi connectivity index (χ0) is 103. The number of aromatic nitrogens is 12. The molecule has 0 unspecified atom stereocenters. The minimum atomic E-state index is -0.985. The number of carbonyl (C=O) groups excluding carboxylic acids is 1.